The summed E-state index contributed by atoms with van der Waals surface area (Å²) in [6.45, 7) is 2.66. The normalized spacial score (nSPS) is 14.2. The lowest BCUT2D eigenvalue weighted by molar-refractivity contribution is 0.0638. The van der Waals surface area contributed by atoms with E-state index in [1.54, 1.807) is 19.2 Å². The van der Waals surface area contributed by atoms with Crippen LogP contribution in [0.25, 0.3) is 0 Å². The summed E-state index contributed by atoms with van der Waals surface area (Å²) in [6.07, 6.45) is 0.573. The molecule has 6 nitrogen and oxygen atoms in total. The molecule has 0 bridgehead atoms. The predicted molar refractivity (Wildman–Crippen MR) is 101 cm³/mol. The molecule has 0 fully saturated rings. The lowest BCUT2D eigenvalue weighted by Gasteiger charge is -2.14. The Hall–Kier alpha value is -2.99. The van der Waals surface area contributed by atoms with Gasteiger partial charge in [0.25, 0.3) is 17.7 Å². The van der Waals surface area contributed by atoms with Crippen LogP contribution in [0.1, 0.15) is 56.0 Å². The van der Waals surface area contributed by atoms with Crippen molar-refractivity contribution in [2.75, 3.05) is 20.3 Å². The van der Waals surface area contributed by atoms with Gasteiger partial charge in [-0.25, -0.2) is 0 Å². The Morgan fingerprint density at radius 3 is 2.48 bits per heavy atom. The van der Waals surface area contributed by atoms with Crippen molar-refractivity contribution in [3.63, 3.8) is 0 Å². The minimum Gasteiger partial charge on any atom is -0.385 e. The molecule has 0 radical (unpaired) electrons. The summed E-state index contributed by atoms with van der Waals surface area (Å²) in [5.74, 6) is -0.972. The van der Waals surface area contributed by atoms with Gasteiger partial charge in [0.15, 0.2) is 0 Å². The molecule has 1 heterocycles. The smallest absolute Gasteiger partial charge is 0.261 e. The van der Waals surface area contributed by atoms with Gasteiger partial charge in [0.2, 0.25) is 0 Å². The minimum atomic E-state index is -0.364. The van der Waals surface area contributed by atoms with Gasteiger partial charge in [0, 0.05) is 25.8 Å². The molecule has 3 rings (SSSR count). The molecule has 2 aromatic carbocycles. The van der Waals surface area contributed by atoms with Crippen molar-refractivity contribution in [2.24, 2.45) is 0 Å². The van der Waals surface area contributed by atoms with Crippen LogP contribution in [0.2, 0.25) is 0 Å². The molecule has 0 spiro atoms. The van der Waals surface area contributed by atoms with Crippen LogP contribution in [-0.4, -0.2) is 42.9 Å². The first-order valence-electron chi connectivity index (χ1n) is 8.88. The number of fused-ring (bicyclic) bond motifs is 1. The van der Waals surface area contributed by atoms with Crippen molar-refractivity contribution in [2.45, 2.75) is 19.4 Å². The Balaban J connectivity index is 1.74. The third-order valence-electron chi connectivity index (χ3n) is 4.61. The number of carbonyl (C=O) groups excluding carboxylic acids is 3. The van der Waals surface area contributed by atoms with Gasteiger partial charge in [-0.15, -0.1) is 0 Å². The molecule has 0 saturated heterocycles. The summed E-state index contributed by atoms with van der Waals surface area (Å²) < 4.78 is 4.97. The van der Waals surface area contributed by atoms with Crippen LogP contribution >= 0.6 is 0 Å². The molecule has 1 aliphatic rings. The lowest BCUT2D eigenvalue weighted by Crippen LogP contribution is -2.31. The van der Waals surface area contributed by atoms with Gasteiger partial charge >= 0.3 is 0 Å². The van der Waals surface area contributed by atoms with Gasteiger partial charge in [0.05, 0.1) is 17.2 Å². The number of imide groups is 1. The molecule has 0 aromatic heterocycles. The zero-order chi connectivity index (χ0) is 19.4. The predicted octanol–water partition coefficient (Wildman–Crippen LogP) is 2.81. The summed E-state index contributed by atoms with van der Waals surface area (Å²) in [7, 11) is 1.57. The molecule has 1 atom stereocenters. The fourth-order valence-electron chi connectivity index (χ4n) is 3.11. The van der Waals surface area contributed by atoms with E-state index in [0.717, 1.165) is 5.56 Å². The van der Waals surface area contributed by atoms with E-state index >= 15 is 0 Å². The van der Waals surface area contributed by atoms with Crippen LogP contribution in [0.15, 0.2) is 48.5 Å². The van der Waals surface area contributed by atoms with Crippen LogP contribution in [-0.2, 0) is 4.74 Å². The maximum atomic E-state index is 12.6. The molecular weight excluding hydrogens is 344 g/mol. The van der Waals surface area contributed by atoms with Gasteiger partial charge in [-0.2, -0.15) is 0 Å². The summed E-state index contributed by atoms with van der Waals surface area (Å²) in [6, 6.07) is 14.1. The second-order valence-corrected chi connectivity index (χ2v) is 6.47. The maximum Gasteiger partial charge on any atom is 0.261 e. The number of hydrogen-bond donors (Lipinski definition) is 1. The number of methoxy groups -OCH3 is 1. The fourth-order valence-corrected chi connectivity index (χ4v) is 3.11. The molecule has 140 valence electrons. The van der Waals surface area contributed by atoms with E-state index in [-0.39, 0.29) is 29.3 Å². The van der Waals surface area contributed by atoms with Crippen LogP contribution < -0.4 is 5.32 Å². The quantitative estimate of drug-likeness (QED) is 0.604. The number of nitrogens with one attached hydrogen (secondary N) is 1. The van der Waals surface area contributed by atoms with Gasteiger partial charge in [-0.1, -0.05) is 30.3 Å². The summed E-state index contributed by atoms with van der Waals surface area (Å²) in [4.78, 5) is 38.7. The van der Waals surface area contributed by atoms with E-state index in [9.17, 15) is 14.4 Å². The largest absolute Gasteiger partial charge is 0.385 e. The van der Waals surface area contributed by atoms with Gasteiger partial charge in [-0.05, 0) is 37.1 Å². The Labute approximate surface area is 158 Å². The number of amides is 3. The van der Waals surface area contributed by atoms with Gasteiger partial charge in [0.1, 0.15) is 0 Å². The van der Waals surface area contributed by atoms with E-state index in [0.29, 0.717) is 30.7 Å². The summed E-state index contributed by atoms with van der Waals surface area (Å²) >= 11 is 0. The van der Waals surface area contributed by atoms with Crippen molar-refractivity contribution in [3.8, 4) is 0 Å². The monoisotopic (exact) mass is 366 g/mol. The SMILES string of the molecule is COCCCN1C(=O)c2ccc(C(=O)N[C@@H](C)c3ccccc3)cc2C1=O. The third-order valence-corrected chi connectivity index (χ3v) is 4.61. The van der Waals surface area contributed by atoms with E-state index in [1.807, 2.05) is 37.3 Å². The maximum absolute atomic E-state index is 12.6. The second kappa shape index (κ2) is 8.14. The molecule has 3 amide bonds. The first-order valence-corrected chi connectivity index (χ1v) is 8.88. The van der Waals surface area contributed by atoms with Crippen molar-refractivity contribution < 1.29 is 19.1 Å². The minimum absolute atomic E-state index is 0.171. The Bertz CT molecular complexity index is 864. The summed E-state index contributed by atoms with van der Waals surface area (Å²) in [5.41, 5.74) is 1.96. The van der Waals surface area contributed by atoms with Crippen molar-refractivity contribution in [1.82, 2.24) is 10.2 Å². The van der Waals surface area contributed by atoms with Crippen LogP contribution in [0, 0.1) is 0 Å². The topological polar surface area (TPSA) is 75.7 Å². The van der Waals surface area contributed by atoms with E-state index < -0.39 is 0 Å². The van der Waals surface area contributed by atoms with E-state index in [2.05, 4.69) is 5.32 Å². The Morgan fingerprint density at radius 2 is 1.78 bits per heavy atom. The van der Waals surface area contributed by atoms with Gasteiger partial charge in [-0.3, -0.25) is 19.3 Å². The van der Waals surface area contributed by atoms with E-state index in [4.69, 9.17) is 4.74 Å². The molecular formula is C21H22N2O4. The molecule has 27 heavy (non-hydrogen) atoms. The number of benzene rings is 2. The number of ether oxygens (including phenoxy) is 1. The molecule has 6 heteroatoms. The second-order valence-electron chi connectivity index (χ2n) is 6.47. The average Bonchev–Trinajstić information content (AvgIpc) is 2.93. The zero-order valence-corrected chi connectivity index (χ0v) is 15.4. The average molecular weight is 366 g/mol. The lowest BCUT2D eigenvalue weighted by atomic mass is 10.0. The van der Waals surface area contributed by atoms with Crippen LogP contribution in [0.5, 0.6) is 0 Å². The molecule has 0 aliphatic carbocycles. The highest BCUT2D eigenvalue weighted by Gasteiger charge is 2.35. The number of rotatable bonds is 7. The standard InChI is InChI=1S/C21H22N2O4/c1-14(15-7-4-3-5-8-15)22-19(24)16-9-10-17-18(13-16)21(26)23(20(17)25)11-6-12-27-2/h3-5,7-10,13-14H,6,11-12H2,1-2H3,(H,22,24)/t14-/m0/s1. The summed E-state index contributed by atoms with van der Waals surface area (Å²) in [5, 5.41) is 2.92. The highest BCUT2D eigenvalue weighted by Crippen LogP contribution is 2.24. The number of carbonyl (C=O) groups is 3. The number of nitrogens with zero attached hydrogens (tertiary/aromatic N) is 1. The molecule has 1 N–H and O–H groups in total. The highest BCUT2D eigenvalue weighted by atomic mass is 16.5. The molecule has 0 unspecified atom stereocenters. The molecule has 0 saturated carbocycles. The fraction of sp³-hybridized carbons (Fsp3) is 0.286. The van der Waals surface area contributed by atoms with Crippen LogP contribution in [0.4, 0.5) is 0 Å². The third kappa shape index (κ3) is 3.90. The van der Waals surface area contributed by atoms with Gasteiger partial charge < -0.3 is 10.1 Å². The van der Waals surface area contributed by atoms with Crippen molar-refractivity contribution >= 4 is 17.7 Å². The molecule has 1 aliphatic heterocycles. The van der Waals surface area contributed by atoms with Crippen LogP contribution in [0.3, 0.4) is 0 Å². The zero-order valence-electron chi connectivity index (χ0n) is 15.4. The first-order chi connectivity index (χ1) is 13.0. The Morgan fingerprint density at radius 1 is 1.07 bits per heavy atom. The first kappa shape index (κ1) is 18.8. The van der Waals surface area contributed by atoms with Crippen molar-refractivity contribution in [3.05, 3.63) is 70.8 Å². The number of hydrogen-bond acceptors (Lipinski definition) is 4. The van der Waals surface area contributed by atoms with Crippen molar-refractivity contribution in [1.29, 1.82) is 0 Å². The highest BCUT2D eigenvalue weighted by molar-refractivity contribution is 6.22. The van der Waals surface area contributed by atoms with E-state index in [1.165, 1.54) is 11.0 Å². The molecule has 2 aromatic rings. The Kier molecular flexibility index (Phi) is 5.66.